The largest absolute Gasteiger partial charge is 0.454 e. The van der Waals surface area contributed by atoms with Gasteiger partial charge in [-0.05, 0) is 37.1 Å². The molecule has 0 bridgehead atoms. The van der Waals surface area contributed by atoms with E-state index in [1.165, 1.54) is 19.2 Å². The Balaban J connectivity index is 1.58. The second-order valence-electron chi connectivity index (χ2n) is 8.49. The first-order valence-electron chi connectivity index (χ1n) is 10.8. The summed E-state index contributed by atoms with van der Waals surface area (Å²) in [7, 11) is 1.41. The Hall–Kier alpha value is -4.01. The van der Waals surface area contributed by atoms with Crippen molar-refractivity contribution in [2.75, 3.05) is 25.5 Å². The van der Waals surface area contributed by atoms with Gasteiger partial charge in [-0.1, -0.05) is 43.7 Å². The van der Waals surface area contributed by atoms with Crippen molar-refractivity contribution in [3.05, 3.63) is 65.2 Å². The molecule has 9 heteroatoms. The zero-order chi connectivity index (χ0) is 25.0. The number of esters is 1. The van der Waals surface area contributed by atoms with Gasteiger partial charge in [0, 0.05) is 12.7 Å². The number of nitrogens with zero attached hydrogens (tertiary/aromatic N) is 2. The summed E-state index contributed by atoms with van der Waals surface area (Å²) in [5.41, 5.74) is 2.10. The maximum atomic E-state index is 12.8. The minimum absolute atomic E-state index is 0.223. The van der Waals surface area contributed by atoms with Crippen molar-refractivity contribution in [2.24, 2.45) is 5.92 Å². The molecule has 1 atom stereocenters. The number of imide groups is 1. The van der Waals surface area contributed by atoms with Gasteiger partial charge >= 0.3 is 5.97 Å². The van der Waals surface area contributed by atoms with Gasteiger partial charge in [0.15, 0.2) is 6.61 Å². The predicted octanol–water partition coefficient (Wildman–Crippen LogP) is 2.26. The number of hydrogen-bond donors (Lipinski definition) is 1. The number of nitrogens with one attached hydrogen (secondary N) is 1. The number of rotatable bonds is 8. The lowest BCUT2D eigenvalue weighted by Gasteiger charge is -2.27. The molecular weight excluding hydrogens is 438 g/mol. The number of benzene rings is 2. The average Bonchev–Trinajstić information content (AvgIpc) is 3.04. The van der Waals surface area contributed by atoms with Crippen LogP contribution in [0.4, 0.5) is 5.69 Å². The Bertz CT molecular complexity index is 1090. The van der Waals surface area contributed by atoms with Crippen LogP contribution in [0.3, 0.4) is 0 Å². The van der Waals surface area contributed by atoms with Gasteiger partial charge in [-0.15, -0.1) is 0 Å². The molecular formula is C25H27N3O6. The maximum absolute atomic E-state index is 12.8. The van der Waals surface area contributed by atoms with Crippen LogP contribution in [0.5, 0.6) is 0 Å². The summed E-state index contributed by atoms with van der Waals surface area (Å²) in [6.45, 7) is 4.42. The van der Waals surface area contributed by atoms with Gasteiger partial charge in [-0.25, -0.2) is 4.79 Å². The molecule has 4 amide bonds. The molecule has 1 aliphatic heterocycles. The molecule has 178 valence electrons. The highest BCUT2D eigenvalue weighted by Gasteiger charge is 2.44. The molecule has 0 spiro atoms. The fourth-order valence-corrected chi connectivity index (χ4v) is 3.61. The smallest absolute Gasteiger partial charge is 0.330 e. The van der Waals surface area contributed by atoms with Gasteiger partial charge in [0.25, 0.3) is 17.7 Å². The number of carbonyl (C=O) groups excluding carboxylic acids is 5. The highest BCUT2D eigenvalue weighted by atomic mass is 16.5. The lowest BCUT2D eigenvalue weighted by atomic mass is 10.0. The number of aryl methyl sites for hydroxylation is 1. The number of anilines is 1. The van der Waals surface area contributed by atoms with E-state index in [0.717, 1.165) is 15.4 Å². The molecule has 0 saturated carbocycles. The SMILES string of the molecule is Cc1ccc(NC(=O)CN(C)C(=O)COC(=O)C(C(C)C)N2C(=O)c3ccccc3C2=O)cc1. The summed E-state index contributed by atoms with van der Waals surface area (Å²) in [5, 5.41) is 2.69. The molecule has 34 heavy (non-hydrogen) atoms. The summed E-state index contributed by atoms with van der Waals surface area (Å²) < 4.78 is 5.16. The Morgan fingerprint density at radius 2 is 1.53 bits per heavy atom. The quantitative estimate of drug-likeness (QED) is 0.473. The van der Waals surface area contributed by atoms with Crippen LogP contribution in [-0.4, -0.2) is 65.6 Å². The van der Waals surface area contributed by atoms with Crippen LogP contribution in [0, 0.1) is 12.8 Å². The molecule has 0 saturated heterocycles. The summed E-state index contributed by atoms with van der Waals surface area (Å²) in [6, 6.07) is 12.4. The third-order valence-corrected chi connectivity index (χ3v) is 5.46. The van der Waals surface area contributed by atoms with E-state index < -0.39 is 48.2 Å². The predicted molar refractivity (Wildman–Crippen MR) is 124 cm³/mol. The van der Waals surface area contributed by atoms with Crippen LogP contribution >= 0.6 is 0 Å². The standard InChI is InChI=1S/C25H27N3O6/c1-15(2)22(28-23(31)18-7-5-6-8-19(18)24(28)32)25(33)34-14-21(30)27(4)13-20(29)26-17-11-9-16(3)10-12-17/h5-12,15,22H,13-14H2,1-4H3,(H,26,29). The van der Waals surface area contributed by atoms with Gasteiger partial charge in [0.05, 0.1) is 17.7 Å². The number of carbonyl (C=O) groups is 5. The molecule has 0 aliphatic carbocycles. The first-order chi connectivity index (χ1) is 16.1. The van der Waals surface area contributed by atoms with Crippen molar-refractivity contribution in [3.63, 3.8) is 0 Å². The monoisotopic (exact) mass is 465 g/mol. The van der Waals surface area contributed by atoms with Crippen molar-refractivity contribution in [2.45, 2.75) is 26.8 Å². The molecule has 0 fully saturated rings. The summed E-state index contributed by atoms with van der Waals surface area (Å²) in [5.74, 6) is -3.47. The van der Waals surface area contributed by atoms with Crippen LogP contribution in [0.25, 0.3) is 0 Å². The van der Waals surface area contributed by atoms with Crippen molar-refractivity contribution in [1.29, 1.82) is 0 Å². The van der Waals surface area contributed by atoms with E-state index in [9.17, 15) is 24.0 Å². The third kappa shape index (κ3) is 5.31. The van der Waals surface area contributed by atoms with Gasteiger partial charge in [0.1, 0.15) is 6.04 Å². The molecule has 1 aliphatic rings. The van der Waals surface area contributed by atoms with Gasteiger partial charge in [-0.2, -0.15) is 0 Å². The van der Waals surface area contributed by atoms with Crippen LogP contribution < -0.4 is 5.32 Å². The summed E-state index contributed by atoms with van der Waals surface area (Å²) in [6.07, 6.45) is 0. The average molecular weight is 466 g/mol. The first-order valence-corrected chi connectivity index (χ1v) is 10.8. The Kier molecular flexibility index (Phi) is 7.45. The van der Waals surface area contributed by atoms with E-state index in [1.807, 2.05) is 19.1 Å². The minimum atomic E-state index is -1.18. The van der Waals surface area contributed by atoms with E-state index in [1.54, 1.807) is 38.1 Å². The Morgan fingerprint density at radius 1 is 0.971 bits per heavy atom. The van der Waals surface area contributed by atoms with Crippen molar-refractivity contribution in [1.82, 2.24) is 9.80 Å². The Labute approximate surface area is 197 Å². The van der Waals surface area contributed by atoms with Gasteiger partial charge < -0.3 is 15.0 Å². The van der Waals surface area contributed by atoms with E-state index in [-0.39, 0.29) is 17.7 Å². The van der Waals surface area contributed by atoms with Crippen LogP contribution in [-0.2, 0) is 19.1 Å². The van der Waals surface area contributed by atoms with Crippen molar-refractivity contribution in [3.8, 4) is 0 Å². The lowest BCUT2D eigenvalue weighted by molar-refractivity contribution is -0.156. The fourth-order valence-electron chi connectivity index (χ4n) is 3.61. The fraction of sp³-hybridized carbons (Fsp3) is 0.320. The maximum Gasteiger partial charge on any atom is 0.330 e. The van der Waals surface area contributed by atoms with Crippen LogP contribution in [0.15, 0.2) is 48.5 Å². The molecule has 1 unspecified atom stereocenters. The molecule has 1 N–H and O–H groups in total. The molecule has 1 heterocycles. The molecule has 0 radical (unpaired) electrons. The number of amides is 4. The minimum Gasteiger partial charge on any atom is -0.454 e. The van der Waals surface area contributed by atoms with E-state index >= 15 is 0 Å². The van der Waals surface area contributed by atoms with Crippen molar-refractivity contribution < 1.29 is 28.7 Å². The summed E-state index contributed by atoms with van der Waals surface area (Å²) in [4.78, 5) is 65.0. The molecule has 2 aromatic carbocycles. The second kappa shape index (κ2) is 10.3. The first kappa shape index (κ1) is 24.6. The third-order valence-electron chi connectivity index (χ3n) is 5.46. The van der Waals surface area contributed by atoms with Gasteiger partial charge in [0.2, 0.25) is 5.91 Å². The zero-order valence-electron chi connectivity index (χ0n) is 19.5. The van der Waals surface area contributed by atoms with Crippen molar-refractivity contribution >= 4 is 35.3 Å². The van der Waals surface area contributed by atoms with E-state index in [0.29, 0.717) is 5.69 Å². The van der Waals surface area contributed by atoms with Crippen LogP contribution in [0.1, 0.15) is 40.1 Å². The number of hydrogen-bond acceptors (Lipinski definition) is 6. The van der Waals surface area contributed by atoms with Crippen LogP contribution in [0.2, 0.25) is 0 Å². The molecule has 9 nitrogen and oxygen atoms in total. The number of fused-ring (bicyclic) bond motifs is 1. The molecule has 3 rings (SSSR count). The number of likely N-dealkylation sites (N-methyl/N-ethyl adjacent to an activating group) is 1. The zero-order valence-corrected chi connectivity index (χ0v) is 19.5. The summed E-state index contributed by atoms with van der Waals surface area (Å²) >= 11 is 0. The van der Waals surface area contributed by atoms with Gasteiger partial charge in [-0.3, -0.25) is 24.1 Å². The highest BCUT2D eigenvalue weighted by Crippen LogP contribution is 2.27. The van der Waals surface area contributed by atoms with E-state index in [4.69, 9.17) is 4.74 Å². The highest BCUT2D eigenvalue weighted by molar-refractivity contribution is 6.22. The molecule has 2 aromatic rings. The normalized spacial score (nSPS) is 13.5. The lowest BCUT2D eigenvalue weighted by Crippen LogP contribution is -2.49. The molecule has 0 aromatic heterocycles. The Morgan fingerprint density at radius 3 is 2.06 bits per heavy atom. The van der Waals surface area contributed by atoms with E-state index in [2.05, 4.69) is 5.32 Å². The second-order valence-corrected chi connectivity index (χ2v) is 8.49. The topological polar surface area (TPSA) is 113 Å². The number of ether oxygens (including phenoxy) is 1.